The minimum atomic E-state index is -4.45. The van der Waals surface area contributed by atoms with Crippen LogP contribution in [0.4, 0.5) is 24.5 Å². The molecule has 3 nitrogen and oxygen atoms in total. The largest absolute Gasteiger partial charge is 0.416 e. The smallest absolute Gasteiger partial charge is 0.332 e. The molecule has 0 aromatic heterocycles. The van der Waals surface area contributed by atoms with Gasteiger partial charge in [0, 0.05) is 9.79 Å². The molecule has 7 heteroatoms. The van der Waals surface area contributed by atoms with E-state index in [2.05, 4.69) is 0 Å². The lowest BCUT2D eigenvalue weighted by Gasteiger charge is -2.31. The first-order chi connectivity index (χ1) is 11.3. The SMILES string of the molecule is C[NH+](C)CC(=O)N1c2ccccc2Sc2ccc(C(F)(F)F)cc21. The van der Waals surface area contributed by atoms with Crippen LogP contribution in [0, 0.1) is 0 Å². The van der Waals surface area contributed by atoms with E-state index in [1.807, 2.05) is 26.2 Å². The molecule has 1 aliphatic rings. The maximum absolute atomic E-state index is 13.1. The summed E-state index contributed by atoms with van der Waals surface area (Å²) in [5.74, 6) is -0.233. The van der Waals surface area contributed by atoms with Gasteiger partial charge in [-0.15, -0.1) is 0 Å². The normalized spacial score (nSPS) is 13.7. The number of benzene rings is 2. The summed E-state index contributed by atoms with van der Waals surface area (Å²) < 4.78 is 39.2. The number of hydrogen-bond acceptors (Lipinski definition) is 2. The third-order valence-electron chi connectivity index (χ3n) is 3.61. The number of fused-ring (bicyclic) bond motifs is 2. The fraction of sp³-hybridized carbons (Fsp3) is 0.235. The molecule has 1 N–H and O–H groups in total. The van der Waals surface area contributed by atoms with Gasteiger partial charge < -0.3 is 4.90 Å². The zero-order chi connectivity index (χ0) is 17.5. The molecule has 0 atom stereocenters. The van der Waals surface area contributed by atoms with E-state index in [1.54, 1.807) is 12.1 Å². The molecule has 0 spiro atoms. The lowest BCUT2D eigenvalue weighted by molar-refractivity contribution is -0.849. The third kappa shape index (κ3) is 3.14. The van der Waals surface area contributed by atoms with Crippen molar-refractivity contribution in [3.8, 4) is 0 Å². The Morgan fingerprint density at radius 2 is 1.75 bits per heavy atom. The molecule has 3 rings (SSSR count). The van der Waals surface area contributed by atoms with Crippen LogP contribution in [0.5, 0.6) is 0 Å². The zero-order valence-corrected chi connectivity index (χ0v) is 14.0. The maximum Gasteiger partial charge on any atom is 0.416 e. The predicted molar refractivity (Wildman–Crippen MR) is 86.8 cm³/mol. The number of quaternary nitrogens is 1. The Morgan fingerprint density at radius 1 is 1.08 bits per heavy atom. The molecule has 0 fully saturated rings. The number of para-hydroxylation sites is 1. The van der Waals surface area contributed by atoms with Crippen LogP contribution < -0.4 is 9.80 Å². The van der Waals surface area contributed by atoms with Gasteiger partial charge in [0.1, 0.15) is 0 Å². The van der Waals surface area contributed by atoms with Gasteiger partial charge in [0.05, 0.1) is 31.0 Å². The highest BCUT2D eigenvalue weighted by Crippen LogP contribution is 2.49. The van der Waals surface area contributed by atoms with Crippen molar-refractivity contribution in [2.24, 2.45) is 0 Å². The number of nitrogens with one attached hydrogen (secondary N) is 1. The molecule has 0 saturated carbocycles. The molecule has 126 valence electrons. The molecular formula is C17H16F3N2OS+. The van der Waals surface area contributed by atoms with E-state index in [0.29, 0.717) is 16.3 Å². The van der Waals surface area contributed by atoms with E-state index >= 15 is 0 Å². The van der Waals surface area contributed by atoms with E-state index in [-0.39, 0.29) is 12.5 Å². The molecule has 0 radical (unpaired) electrons. The fourth-order valence-electron chi connectivity index (χ4n) is 2.58. The Morgan fingerprint density at radius 3 is 2.42 bits per heavy atom. The molecule has 2 aromatic rings. The van der Waals surface area contributed by atoms with Gasteiger partial charge in [-0.3, -0.25) is 9.69 Å². The summed E-state index contributed by atoms with van der Waals surface area (Å²) in [6.07, 6.45) is -4.45. The average Bonchev–Trinajstić information content (AvgIpc) is 2.50. The Balaban J connectivity index is 2.14. The first-order valence-electron chi connectivity index (χ1n) is 7.37. The molecular weight excluding hydrogens is 337 g/mol. The van der Waals surface area contributed by atoms with Gasteiger partial charge in [-0.05, 0) is 30.3 Å². The molecule has 0 aliphatic carbocycles. The van der Waals surface area contributed by atoms with Crippen molar-refractivity contribution in [3.05, 3.63) is 48.0 Å². The summed E-state index contributed by atoms with van der Waals surface area (Å²) in [7, 11) is 3.66. The van der Waals surface area contributed by atoms with Crippen LogP contribution in [0.15, 0.2) is 52.3 Å². The number of likely N-dealkylation sites (N-methyl/N-ethyl adjacent to an activating group) is 1. The maximum atomic E-state index is 13.1. The number of anilines is 2. The number of carbonyl (C=O) groups excluding carboxylic acids is 1. The van der Waals surface area contributed by atoms with Gasteiger partial charge in [0.2, 0.25) is 0 Å². The highest BCUT2D eigenvalue weighted by Gasteiger charge is 2.35. The van der Waals surface area contributed by atoms with Crippen LogP contribution in [-0.4, -0.2) is 26.5 Å². The van der Waals surface area contributed by atoms with Gasteiger partial charge in [0.15, 0.2) is 6.54 Å². The lowest BCUT2D eigenvalue weighted by Crippen LogP contribution is -3.07. The predicted octanol–water partition coefficient (Wildman–Crippen LogP) is 2.98. The molecule has 2 aromatic carbocycles. The first-order valence-corrected chi connectivity index (χ1v) is 8.19. The number of halogens is 3. The number of nitrogens with zero attached hydrogens (tertiary/aromatic N) is 1. The second-order valence-corrected chi connectivity index (χ2v) is 6.95. The third-order valence-corrected chi connectivity index (χ3v) is 4.74. The fourth-order valence-corrected chi connectivity index (χ4v) is 3.62. The van der Waals surface area contributed by atoms with Crippen molar-refractivity contribution in [2.75, 3.05) is 25.5 Å². The average molecular weight is 353 g/mol. The van der Waals surface area contributed by atoms with Gasteiger partial charge in [0.25, 0.3) is 5.91 Å². The monoisotopic (exact) mass is 353 g/mol. The van der Waals surface area contributed by atoms with Crippen LogP contribution in [0.25, 0.3) is 0 Å². The van der Waals surface area contributed by atoms with Gasteiger partial charge in [-0.25, -0.2) is 0 Å². The van der Waals surface area contributed by atoms with E-state index in [4.69, 9.17) is 0 Å². The van der Waals surface area contributed by atoms with Gasteiger partial charge in [-0.1, -0.05) is 23.9 Å². The van der Waals surface area contributed by atoms with E-state index < -0.39 is 11.7 Å². The van der Waals surface area contributed by atoms with Crippen molar-refractivity contribution >= 4 is 29.0 Å². The van der Waals surface area contributed by atoms with Gasteiger partial charge >= 0.3 is 6.18 Å². The molecule has 1 amide bonds. The Hall–Kier alpha value is -1.99. The van der Waals surface area contributed by atoms with E-state index in [0.717, 1.165) is 21.9 Å². The Kier molecular flexibility index (Phi) is 4.31. The minimum absolute atomic E-state index is 0.189. The van der Waals surface area contributed by atoms with Crippen molar-refractivity contribution in [2.45, 2.75) is 16.0 Å². The van der Waals surface area contributed by atoms with Crippen LogP contribution in [0.3, 0.4) is 0 Å². The molecule has 0 bridgehead atoms. The summed E-state index contributed by atoms with van der Waals surface area (Å²) in [5.41, 5.74) is 0.164. The topological polar surface area (TPSA) is 24.8 Å². The number of alkyl halides is 3. The molecule has 0 saturated heterocycles. The van der Waals surface area contributed by atoms with Crippen molar-refractivity contribution in [1.82, 2.24) is 0 Å². The number of amides is 1. The highest BCUT2D eigenvalue weighted by molar-refractivity contribution is 7.99. The summed E-state index contributed by atoms with van der Waals surface area (Å²) in [6, 6.07) is 10.8. The van der Waals surface area contributed by atoms with Crippen LogP contribution in [-0.2, 0) is 11.0 Å². The highest BCUT2D eigenvalue weighted by atomic mass is 32.2. The van der Waals surface area contributed by atoms with Crippen LogP contribution in [0.1, 0.15) is 5.56 Å². The van der Waals surface area contributed by atoms with E-state index in [1.165, 1.54) is 22.7 Å². The summed E-state index contributed by atoms with van der Waals surface area (Å²) >= 11 is 1.37. The minimum Gasteiger partial charge on any atom is -0.332 e. The molecule has 1 heterocycles. The number of hydrogen-bond donors (Lipinski definition) is 1. The summed E-state index contributed by atoms with van der Waals surface area (Å²) in [5, 5.41) is 0. The second kappa shape index (κ2) is 6.14. The standard InChI is InChI=1S/C17H15F3N2OS/c1-21(2)10-16(23)22-12-5-3-4-6-14(12)24-15-8-7-11(9-13(15)22)17(18,19)20/h3-9H,10H2,1-2H3/p+1. The first kappa shape index (κ1) is 16.9. The number of rotatable bonds is 2. The quantitative estimate of drug-likeness (QED) is 0.898. The van der Waals surface area contributed by atoms with E-state index in [9.17, 15) is 18.0 Å². The van der Waals surface area contributed by atoms with Crippen molar-refractivity contribution < 1.29 is 22.9 Å². The Bertz CT molecular complexity index is 790. The van der Waals surface area contributed by atoms with Gasteiger partial charge in [-0.2, -0.15) is 13.2 Å². The second-order valence-electron chi connectivity index (χ2n) is 5.86. The summed E-state index contributed by atoms with van der Waals surface area (Å²) in [4.78, 5) is 16.5. The summed E-state index contributed by atoms with van der Waals surface area (Å²) in [6.45, 7) is 0.189. The van der Waals surface area contributed by atoms with Crippen LogP contribution >= 0.6 is 11.8 Å². The van der Waals surface area contributed by atoms with Crippen molar-refractivity contribution in [3.63, 3.8) is 0 Å². The molecule has 24 heavy (non-hydrogen) atoms. The molecule has 1 aliphatic heterocycles. The van der Waals surface area contributed by atoms with Crippen LogP contribution in [0.2, 0.25) is 0 Å². The number of carbonyl (C=O) groups is 1. The lowest BCUT2D eigenvalue weighted by atomic mass is 10.1. The zero-order valence-electron chi connectivity index (χ0n) is 13.1. The Labute approximate surface area is 142 Å². The van der Waals surface area contributed by atoms with Crippen molar-refractivity contribution in [1.29, 1.82) is 0 Å². The molecule has 0 unspecified atom stereocenters.